The third-order valence-corrected chi connectivity index (χ3v) is 7.33. The molecule has 0 atom stereocenters. The third-order valence-electron chi connectivity index (χ3n) is 5.42. The van der Waals surface area contributed by atoms with Crippen molar-refractivity contribution in [1.82, 2.24) is 14.3 Å². The second-order valence-corrected chi connectivity index (χ2v) is 10.2. The van der Waals surface area contributed by atoms with Gasteiger partial charge in [0.05, 0.1) is 16.3 Å². The molecular weight excluding hydrogens is 536 g/mol. The van der Waals surface area contributed by atoms with Gasteiger partial charge in [0.15, 0.2) is 0 Å². The van der Waals surface area contributed by atoms with Gasteiger partial charge in [0, 0.05) is 24.5 Å². The highest BCUT2D eigenvalue weighted by atomic mass is 79.9. The number of thioether (sulfide) groups is 1. The van der Waals surface area contributed by atoms with Gasteiger partial charge in [-0.2, -0.15) is 0 Å². The first-order chi connectivity index (χ1) is 16.3. The van der Waals surface area contributed by atoms with Crippen LogP contribution >= 0.6 is 39.9 Å². The van der Waals surface area contributed by atoms with E-state index in [1.165, 1.54) is 21.3 Å². The second kappa shape index (κ2) is 10.1. The zero-order chi connectivity index (χ0) is 24.4. The molecular formula is C24H21BrN4O3S2. The molecule has 0 aliphatic carbocycles. The van der Waals surface area contributed by atoms with E-state index in [1.807, 2.05) is 54.6 Å². The largest absolute Gasteiger partial charge is 0.320 e. The maximum atomic E-state index is 13.0. The molecule has 0 unspecified atom stereocenters. The summed E-state index contributed by atoms with van der Waals surface area (Å²) in [7, 11) is 1.76. The van der Waals surface area contributed by atoms with Crippen LogP contribution in [-0.2, 0) is 16.6 Å². The fraction of sp³-hybridized carbons (Fsp3) is 0.167. The number of para-hydroxylation sites is 1. The van der Waals surface area contributed by atoms with Crippen molar-refractivity contribution in [3.05, 3.63) is 85.6 Å². The van der Waals surface area contributed by atoms with E-state index in [2.05, 4.69) is 21.2 Å². The SMILES string of the molecule is Cc1c(NC(=O)CCN2C(=O)/C(=C/c3ccc(Br)cc3)SC2=S)c(=O)n(-c2ccccc2)n1C. The van der Waals surface area contributed by atoms with E-state index >= 15 is 0 Å². The van der Waals surface area contributed by atoms with Gasteiger partial charge < -0.3 is 5.32 Å². The minimum Gasteiger partial charge on any atom is -0.320 e. The summed E-state index contributed by atoms with van der Waals surface area (Å²) in [6.45, 7) is 1.90. The van der Waals surface area contributed by atoms with Crippen molar-refractivity contribution in [3.63, 3.8) is 0 Å². The second-order valence-electron chi connectivity index (χ2n) is 7.62. The molecule has 1 N–H and O–H groups in total. The Morgan fingerprint density at radius 2 is 1.79 bits per heavy atom. The number of benzene rings is 2. The highest BCUT2D eigenvalue weighted by Gasteiger charge is 2.32. The van der Waals surface area contributed by atoms with Crippen LogP contribution in [0.2, 0.25) is 0 Å². The average molecular weight is 557 g/mol. The minimum atomic E-state index is -0.364. The molecule has 174 valence electrons. The monoisotopic (exact) mass is 556 g/mol. The quantitative estimate of drug-likeness (QED) is 0.358. The van der Waals surface area contributed by atoms with Gasteiger partial charge in [0.25, 0.3) is 11.5 Å². The fourth-order valence-corrected chi connectivity index (χ4v) is 5.10. The molecule has 0 spiro atoms. The number of rotatable bonds is 6. The van der Waals surface area contributed by atoms with Crippen LogP contribution in [0.15, 0.2) is 68.8 Å². The van der Waals surface area contributed by atoms with Gasteiger partial charge in [-0.1, -0.05) is 70.2 Å². The summed E-state index contributed by atoms with van der Waals surface area (Å²) in [6.07, 6.45) is 1.79. The number of nitrogens with one attached hydrogen (secondary N) is 1. The molecule has 2 amide bonds. The lowest BCUT2D eigenvalue weighted by molar-refractivity contribution is -0.122. The van der Waals surface area contributed by atoms with E-state index in [1.54, 1.807) is 24.7 Å². The number of halogens is 1. The first-order valence-corrected chi connectivity index (χ1v) is 12.4. The molecule has 7 nitrogen and oxygen atoms in total. The third kappa shape index (κ3) is 4.94. The summed E-state index contributed by atoms with van der Waals surface area (Å²) in [5.74, 6) is -0.593. The van der Waals surface area contributed by atoms with Crippen molar-refractivity contribution in [2.24, 2.45) is 7.05 Å². The van der Waals surface area contributed by atoms with Crippen molar-refractivity contribution in [1.29, 1.82) is 0 Å². The summed E-state index contributed by atoms with van der Waals surface area (Å²) in [5.41, 5.74) is 2.12. The number of carbonyl (C=O) groups is 2. The molecule has 1 aliphatic heterocycles. The Kier molecular flexibility index (Phi) is 7.20. The zero-order valence-electron chi connectivity index (χ0n) is 18.4. The number of hydrogen-bond donors (Lipinski definition) is 1. The zero-order valence-corrected chi connectivity index (χ0v) is 21.7. The number of hydrogen-bond acceptors (Lipinski definition) is 5. The maximum absolute atomic E-state index is 13.0. The standard InChI is InChI=1S/C24H21BrN4O3S2/c1-15-21(23(32)29(27(15)2)18-6-4-3-5-7-18)26-20(30)12-13-28-22(31)19(34-24(28)33)14-16-8-10-17(25)11-9-16/h3-11,14H,12-13H2,1-2H3,(H,26,30)/b19-14-. The average Bonchev–Trinajstić information content (AvgIpc) is 3.20. The molecule has 10 heteroatoms. The molecule has 34 heavy (non-hydrogen) atoms. The number of aromatic nitrogens is 2. The molecule has 0 bridgehead atoms. The Balaban J connectivity index is 1.44. The van der Waals surface area contributed by atoms with Crippen LogP contribution in [-0.4, -0.2) is 36.9 Å². The number of carbonyl (C=O) groups excluding carboxylic acids is 2. The van der Waals surface area contributed by atoms with Crippen molar-refractivity contribution >= 4 is 67.8 Å². The van der Waals surface area contributed by atoms with Gasteiger partial charge >= 0.3 is 0 Å². The van der Waals surface area contributed by atoms with Gasteiger partial charge in [0.1, 0.15) is 10.0 Å². The Labute approximate surface area is 214 Å². The van der Waals surface area contributed by atoms with Crippen LogP contribution in [0.25, 0.3) is 11.8 Å². The van der Waals surface area contributed by atoms with Crippen LogP contribution in [0.3, 0.4) is 0 Å². The van der Waals surface area contributed by atoms with E-state index in [4.69, 9.17) is 12.2 Å². The number of thiocarbonyl (C=S) groups is 1. The minimum absolute atomic E-state index is 0.0110. The Morgan fingerprint density at radius 1 is 1.12 bits per heavy atom. The lowest BCUT2D eigenvalue weighted by atomic mass is 10.2. The van der Waals surface area contributed by atoms with Gasteiger partial charge in [-0.15, -0.1) is 0 Å². The lowest BCUT2D eigenvalue weighted by Crippen LogP contribution is -2.32. The van der Waals surface area contributed by atoms with E-state index in [9.17, 15) is 14.4 Å². The van der Waals surface area contributed by atoms with Gasteiger partial charge in [-0.3, -0.25) is 24.0 Å². The van der Waals surface area contributed by atoms with Crippen molar-refractivity contribution in [3.8, 4) is 5.69 Å². The van der Waals surface area contributed by atoms with Crippen LogP contribution in [0.5, 0.6) is 0 Å². The van der Waals surface area contributed by atoms with Crippen LogP contribution in [0, 0.1) is 6.92 Å². The Bertz CT molecular complexity index is 1360. The first-order valence-electron chi connectivity index (χ1n) is 10.4. The van der Waals surface area contributed by atoms with E-state index < -0.39 is 0 Å². The van der Waals surface area contributed by atoms with Crippen molar-refractivity contribution < 1.29 is 9.59 Å². The Hall–Kier alpha value is -2.95. The molecule has 0 saturated carbocycles. The molecule has 1 fully saturated rings. The maximum Gasteiger partial charge on any atom is 0.295 e. The number of nitrogens with zero attached hydrogens (tertiary/aromatic N) is 3. The van der Waals surface area contributed by atoms with Crippen molar-refractivity contribution in [2.45, 2.75) is 13.3 Å². The molecule has 2 aromatic carbocycles. The fourth-order valence-electron chi connectivity index (χ4n) is 3.53. The number of anilines is 1. The molecule has 1 aliphatic rings. The summed E-state index contributed by atoms with van der Waals surface area (Å²) < 4.78 is 4.55. The van der Waals surface area contributed by atoms with E-state index in [-0.39, 0.29) is 36.0 Å². The predicted molar refractivity (Wildman–Crippen MR) is 143 cm³/mol. The highest BCUT2D eigenvalue weighted by molar-refractivity contribution is 9.10. The van der Waals surface area contributed by atoms with Crippen molar-refractivity contribution in [2.75, 3.05) is 11.9 Å². The summed E-state index contributed by atoms with van der Waals surface area (Å²) in [4.78, 5) is 40.4. The van der Waals surface area contributed by atoms with Gasteiger partial charge in [-0.05, 0) is 42.8 Å². The van der Waals surface area contributed by atoms with E-state index in [0.29, 0.717) is 20.6 Å². The Morgan fingerprint density at radius 3 is 2.47 bits per heavy atom. The molecule has 3 aromatic rings. The number of amides is 2. The molecule has 4 rings (SSSR count). The summed E-state index contributed by atoms with van der Waals surface area (Å²) in [6, 6.07) is 16.8. The first kappa shape index (κ1) is 24.2. The smallest absolute Gasteiger partial charge is 0.295 e. The topological polar surface area (TPSA) is 76.3 Å². The molecule has 2 heterocycles. The van der Waals surface area contributed by atoms with Crippen LogP contribution < -0.4 is 10.9 Å². The summed E-state index contributed by atoms with van der Waals surface area (Å²) in [5, 5.41) is 2.72. The normalized spacial score (nSPS) is 14.8. The lowest BCUT2D eigenvalue weighted by Gasteiger charge is -2.13. The van der Waals surface area contributed by atoms with Gasteiger partial charge in [-0.25, -0.2) is 4.68 Å². The molecule has 0 radical (unpaired) electrons. The van der Waals surface area contributed by atoms with Gasteiger partial charge in [0.2, 0.25) is 5.91 Å². The van der Waals surface area contributed by atoms with Crippen LogP contribution in [0.1, 0.15) is 17.7 Å². The van der Waals surface area contributed by atoms with Crippen LogP contribution in [0.4, 0.5) is 5.69 Å². The highest BCUT2D eigenvalue weighted by Crippen LogP contribution is 2.32. The van der Waals surface area contributed by atoms with E-state index in [0.717, 1.165) is 10.0 Å². The molecule has 1 aromatic heterocycles. The predicted octanol–water partition coefficient (Wildman–Crippen LogP) is 4.48. The molecule has 1 saturated heterocycles. The summed E-state index contributed by atoms with van der Waals surface area (Å²) >= 11 is 9.96.